The zero-order valence-corrected chi connectivity index (χ0v) is 17.5. The van der Waals surface area contributed by atoms with Crippen LogP contribution in [0.1, 0.15) is 36.1 Å². The summed E-state index contributed by atoms with van der Waals surface area (Å²) >= 11 is 0. The number of esters is 1. The summed E-state index contributed by atoms with van der Waals surface area (Å²) in [6, 6.07) is 9.37. The second-order valence-corrected chi connectivity index (χ2v) is 8.15. The maximum absolute atomic E-state index is 12.6. The largest absolute Gasteiger partial charge is 0.494 e. The maximum atomic E-state index is 12.6. The average molecular weight is 433 g/mol. The molecule has 0 unspecified atom stereocenters. The van der Waals surface area contributed by atoms with Crippen molar-refractivity contribution in [3.8, 4) is 5.75 Å². The van der Waals surface area contributed by atoms with Crippen molar-refractivity contribution in [2.45, 2.75) is 31.2 Å². The van der Waals surface area contributed by atoms with Crippen LogP contribution in [0.2, 0.25) is 0 Å². The van der Waals surface area contributed by atoms with Gasteiger partial charge in [-0.25, -0.2) is 13.2 Å². The van der Waals surface area contributed by atoms with E-state index in [0.29, 0.717) is 23.8 Å². The van der Waals surface area contributed by atoms with Gasteiger partial charge in [0.1, 0.15) is 11.5 Å². The summed E-state index contributed by atoms with van der Waals surface area (Å²) in [6.07, 6.45) is 4.88. The number of nitrogens with zero attached hydrogens (tertiary/aromatic N) is 2. The predicted octanol–water partition coefficient (Wildman–Crippen LogP) is 3.29. The molecule has 0 aliphatic rings. The number of methoxy groups -OCH3 is 1. The maximum Gasteiger partial charge on any atom is 0.373 e. The Labute approximate surface area is 174 Å². The number of hydrogen-bond acceptors (Lipinski definition) is 7. The lowest BCUT2D eigenvalue weighted by Crippen LogP contribution is -2.12. The van der Waals surface area contributed by atoms with E-state index in [0.717, 1.165) is 12.8 Å². The average Bonchev–Trinajstić information content (AvgIpc) is 3.37. The van der Waals surface area contributed by atoms with Gasteiger partial charge < -0.3 is 13.9 Å². The quantitative estimate of drug-likeness (QED) is 0.386. The first-order valence-electron chi connectivity index (χ1n) is 9.36. The van der Waals surface area contributed by atoms with Crippen molar-refractivity contribution in [1.29, 1.82) is 0 Å². The van der Waals surface area contributed by atoms with Gasteiger partial charge in [0.05, 0.1) is 37.0 Å². The molecule has 0 amide bonds. The van der Waals surface area contributed by atoms with Crippen LogP contribution in [0.15, 0.2) is 58.1 Å². The highest BCUT2D eigenvalue weighted by Gasteiger charge is 2.16. The van der Waals surface area contributed by atoms with E-state index in [1.54, 1.807) is 18.2 Å². The number of sulfonamides is 1. The number of hydrogen-bond donors (Lipinski definition) is 1. The number of carbonyl (C=O) groups excluding carboxylic acids is 1. The summed E-state index contributed by atoms with van der Waals surface area (Å²) in [7, 11) is -2.50. The summed E-state index contributed by atoms with van der Waals surface area (Å²) in [4.78, 5) is 11.6. The SMILES string of the molecule is CCCCOc1ccc(S(=O)(=O)Nc2cnn(Cc3ccc(C(=O)OC)o3)c2)cc1. The minimum absolute atomic E-state index is 0.0858. The molecule has 2 aromatic heterocycles. The zero-order chi connectivity index (χ0) is 21.6. The lowest BCUT2D eigenvalue weighted by molar-refractivity contribution is 0.0562. The lowest BCUT2D eigenvalue weighted by atomic mass is 10.3. The number of carbonyl (C=O) groups is 1. The van der Waals surface area contributed by atoms with Crippen molar-refractivity contribution in [2.75, 3.05) is 18.4 Å². The van der Waals surface area contributed by atoms with Crippen molar-refractivity contribution < 1.29 is 27.1 Å². The number of ether oxygens (including phenoxy) is 2. The third-order valence-electron chi connectivity index (χ3n) is 4.15. The molecule has 0 saturated carbocycles. The van der Waals surface area contributed by atoms with Crippen LogP contribution in [0.25, 0.3) is 0 Å². The van der Waals surface area contributed by atoms with Crippen molar-refractivity contribution in [2.24, 2.45) is 0 Å². The van der Waals surface area contributed by atoms with Crippen molar-refractivity contribution in [3.05, 3.63) is 60.3 Å². The Morgan fingerprint density at radius 3 is 2.67 bits per heavy atom. The molecule has 3 rings (SSSR count). The fourth-order valence-corrected chi connectivity index (χ4v) is 3.63. The van der Waals surface area contributed by atoms with Gasteiger partial charge in [-0.05, 0) is 42.8 Å². The molecule has 0 aliphatic heterocycles. The smallest absolute Gasteiger partial charge is 0.373 e. The molecule has 0 aliphatic carbocycles. The number of rotatable bonds is 10. The molecule has 160 valence electrons. The second-order valence-electron chi connectivity index (χ2n) is 6.46. The highest BCUT2D eigenvalue weighted by Crippen LogP contribution is 2.20. The summed E-state index contributed by atoms with van der Waals surface area (Å²) in [5.74, 6) is 0.617. The van der Waals surface area contributed by atoms with Gasteiger partial charge in [-0.2, -0.15) is 5.10 Å². The molecular weight excluding hydrogens is 410 g/mol. The molecule has 0 atom stereocenters. The highest BCUT2D eigenvalue weighted by molar-refractivity contribution is 7.92. The van der Waals surface area contributed by atoms with E-state index in [9.17, 15) is 13.2 Å². The molecule has 2 heterocycles. The van der Waals surface area contributed by atoms with Crippen molar-refractivity contribution in [3.63, 3.8) is 0 Å². The fourth-order valence-electron chi connectivity index (χ4n) is 2.60. The molecule has 0 fully saturated rings. The number of aromatic nitrogens is 2. The Balaban J connectivity index is 1.63. The van der Waals surface area contributed by atoms with Gasteiger partial charge in [0.2, 0.25) is 5.76 Å². The van der Waals surface area contributed by atoms with Crippen LogP contribution < -0.4 is 9.46 Å². The van der Waals surface area contributed by atoms with Crippen LogP contribution >= 0.6 is 0 Å². The molecule has 10 heteroatoms. The van der Waals surface area contributed by atoms with Gasteiger partial charge in [0.15, 0.2) is 0 Å². The third-order valence-corrected chi connectivity index (χ3v) is 5.55. The minimum Gasteiger partial charge on any atom is -0.494 e. The summed E-state index contributed by atoms with van der Waals surface area (Å²) < 4.78 is 44.7. The molecule has 1 aromatic carbocycles. The van der Waals surface area contributed by atoms with E-state index in [1.165, 1.54) is 42.4 Å². The fraction of sp³-hybridized carbons (Fsp3) is 0.300. The molecular formula is C20H23N3O6S. The molecule has 0 bridgehead atoms. The van der Waals surface area contributed by atoms with E-state index >= 15 is 0 Å². The molecule has 30 heavy (non-hydrogen) atoms. The molecule has 0 radical (unpaired) electrons. The van der Waals surface area contributed by atoms with Crippen LogP contribution in [0.3, 0.4) is 0 Å². The number of unbranched alkanes of at least 4 members (excludes halogenated alkanes) is 1. The monoisotopic (exact) mass is 433 g/mol. The Hall–Kier alpha value is -3.27. The van der Waals surface area contributed by atoms with Crippen LogP contribution in [0.5, 0.6) is 5.75 Å². The molecule has 0 spiro atoms. The van der Waals surface area contributed by atoms with Crippen molar-refractivity contribution in [1.82, 2.24) is 9.78 Å². The first-order chi connectivity index (χ1) is 14.4. The lowest BCUT2D eigenvalue weighted by Gasteiger charge is -2.08. The number of benzene rings is 1. The Morgan fingerprint density at radius 2 is 1.97 bits per heavy atom. The van der Waals surface area contributed by atoms with Gasteiger partial charge in [-0.1, -0.05) is 13.3 Å². The number of nitrogens with one attached hydrogen (secondary N) is 1. The topological polar surface area (TPSA) is 113 Å². The van der Waals surface area contributed by atoms with Crippen LogP contribution in [0.4, 0.5) is 5.69 Å². The van der Waals surface area contributed by atoms with E-state index < -0.39 is 16.0 Å². The van der Waals surface area contributed by atoms with Gasteiger partial charge >= 0.3 is 5.97 Å². The highest BCUT2D eigenvalue weighted by atomic mass is 32.2. The Morgan fingerprint density at radius 1 is 1.20 bits per heavy atom. The third kappa shape index (κ3) is 5.41. The standard InChI is InChI=1S/C20H23N3O6S/c1-3-4-11-28-16-5-8-18(9-6-16)30(25,26)22-15-12-21-23(13-15)14-17-7-10-19(29-17)20(24)27-2/h5-10,12-13,22H,3-4,11,14H2,1-2H3. The molecule has 1 N–H and O–H groups in total. The number of furan rings is 1. The normalized spacial score (nSPS) is 11.3. The van der Waals surface area contributed by atoms with E-state index in [-0.39, 0.29) is 17.2 Å². The van der Waals surface area contributed by atoms with Gasteiger partial charge in [-0.3, -0.25) is 9.40 Å². The zero-order valence-electron chi connectivity index (χ0n) is 16.7. The first-order valence-corrected chi connectivity index (χ1v) is 10.8. The summed E-state index contributed by atoms with van der Waals surface area (Å²) in [5.41, 5.74) is 0.304. The van der Waals surface area contributed by atoms with Crippen LogP contribution in [-0.2, 0) is 21.3 Å². The summed E-state index contributed by atoms with van der Waals surface area (Å²) in [6.45, 7) is 2.89. The Kier molecular flexibility index (Phi) is 6.78. The van der Waals surface area contributed by atoms with E-state index in [4.69, 9.17) is 9.15 Å². The van der Waals surface area contributed by atoms with Gasteiger partial charge in [-0.15, -0.1) is 0 Å². The minimum atomic E-state index is -3.77. The molecule has 0 saturated heterocycles. The summed E-state index contributed by atoms with van der Waals surface area (Å²) in [5, 5.41) is 4.11. The second kappa shape index (κ2) is 9.49. The van der Waals surface area contributed by atoms with Gasteiger partial charge in [0.25, 0.3) is 10.0 Å². The molecule has 9 nitrogen and oxygen atoms in total. The van der Waals surface area contributed by atoms with Crippen molar-refractivity contribution >= 4 is 21.7 Å². The predicted molar refractivity (Wildman–Crippen MR) is 109 cm³/mol. The Bertz CT molecular complexity index is 1090. The van der Waals surface area contributed by atoms with Crippen LogP contribution in [-0.4, -0.2) is 37.9 Å². The number of anilines is 1. The van der Waals surface area contributed by atoms with E-state index in [1.807, 2.05) is 0 Å². The van der Waals surface area contributed by atoms with Gasteiger partial charge in [0, 0.05) is 6.20 Å². The molecule has 3 aromatic rings. The first kappa shape index (κ1) is 21.4. The van der Waals surface area contributed by atoms with E-state index in [2.05, 4.69) is 21.5 Å². The van der Waals surface area contributed by atoms with Crippen LogP contribution in [0, 0.1) is 0 Å².